The molecule has 0 aromatic heterocycles. The largest absolute Gasteiger partial charge is 0.290 e. The van der Waals surface area contributed by atoms with Gasteiger partial charge in [0.15, 0.2) is 0 Å². The molecule has 2 unspecified atom stereocenters. The maximum atomic E-state index is 11.9. The van der Waals surface area contributed by atoms with Gasteiger partial charge in [-0.1, -0.05) is 18.2 Å². The van der Waals surface area contributed by atoms with Gasteiger partial charge in [-0.3, -0.25) is 24.7 Å². The molecule has 6 nitrogen and oxygen atoms in total. The summed E-state index contributed by atoms with van der Waals surface area (Å²) in [6.45, 7) is 0.133. The van der Waals surface area contributed by atoms with Crippen LogP contribution in [-0.4, -0.2) is 22.6 Å². The van der Waals surface area contributed by atoms with Crippen LogP contribution in [0.1, 0.15) is 22.3 Å². The molecule has 1 aromatic rings. The minimum absolute atomic E-state index is 0.122. The molecular formula is C13H13N3O3. The van der Waals surface area contributed by atoms with Crippen LogP contribution in [0.5, 0.6) is 0 Å². The molecule has 2 fully saturated rings. The first-order valence-electron chi connectivity index (χ1n) is 6.07. The summed E-state index contributed by atoms with van der Waals surface area (Å²) in [5, 5.41) is 0. The van der Waals surface area contributed by atoms with Gasteiger partial charge in [-0.2, -0.15) is 0 Å². The quantitative estimate of drug-likeness (QED) is 0.340. The lowest BCUT2D eigenvalue weighted by Crippen LogP contribution is -2.35. The molecule has 0 bridgehead atoms. The van der Waals surface area contributed by atoms with Crippen molar-refractivity contribution in [2.24, 2.45) is 17.7 Å². The van der Waals surface area contributed by atoms with Gasteiger partial charge in [-0.25, -0.2) is 5.84 Å². The molecular weight excluding hydrogens is 246 g/mol. The van der Waals surface area contributed by atoms with Crippen molar-refractivity contribution in [3.63, 3.8) is 0 Å². The van der Waals surface area contributed by atoms with Crippen LogP contribution in [0.15, 0.2) is 24.3 Å². The van der Waals surface area contributed by atoms with Crippen LogP contribution in [0.2, 0.25) is 0 Å². The molecule has 6 heteroatoms. The molecule has 0 radical (unpaired) electrons. The van der Waals surface area contributed by atoms with Crippen LogP contribution in [0.3, 0.4) is 0 Å². The third kappa shape index (κ3) is 1.80. The van der Waals surface area contributed by atoms with Gasteiger partial charge in [-0.05, 0) is 18.1 Å². The number of nitrogens with one attached hydrogen (secondary N) is 1. The van der Waals surface area contributed by atoms with Crippen LogP contribution in [0.4, 0.5) is 0 Å². The van der Waals surface area contributed by atoms with Crippen LogP contribution in [0, 0.1) is 11.8 Å². The first-order valence-corrected chi connectivity index (χ1v) is 6.07. The second-order valence-electron chi connectivity index (χ2n) is 4.84. The van der Waals surface area contributed by atoms with Gasteiger partial charge in [0.1, 0.15) is 0 Å². The van der Waals surface area contributed by atoms with E-state index in [1.165, 1.54) is 4.90 Å². The van der Waals surface area contributed by atoms with Gasteiger partial charge < -0.3 is 0 Å². The van der Waals surface area contributed by atoms with E-state index in [9.17, 15) is 14.4 Å². The van der Waals surface area contributed by atoms with Gasteiger partial charge in [0.2, 0.25) is 11.8 Å². The highest BCUT2D eigenvalue weighted by atomic mass is 16.2. The molecule has 1 saturated carbocycles. The van der Waals surface area contributed by atoms with Gasteiger partial charge in [-0.15, -0.1) is 0 Å². The van der Waals surface area contributed by atoms with Crippen LogP contribution >= 0.6 is 0 Å². The summed E-state index contributed by atoms with van der Waals surface area (Å²) in [6, 6.07) is 6.80. The van der Waals surface area contributed by atoms with E-state index in [4.69, 9.17) is 5.84 Å². The summed E-state index contributed by atoms with van der Waals surface area (Å²) in [5.74, 6) is 4.19. The van der Waals surface area contributed by atoms with E-state index in [0.29, 0.717) is 17.5 Å². The minimum Gasteiger partial charge on any atom is -0.290 e. The predicted octanol–water partition coefficient (Wildman–Crippen LogP) is -0.205. The zero-order chi connectivity index (χ0) is 13.6. The molecule has 3 N–H and O–H groups in total. The number of hydrazine groups is 1. The zero-order valence-corrected chi connectivity index (χ0v) is 10.1. The highest BCUT2D eigenvalue weighted by Crippen LogP contribution is 2.47. The third-order valence-corrected chi connectivity index (χ3v) is 3.68. The molecule has 19 heavy (non-hydrogen) atoms. The topological polar surface area (TPSA) is 92.5 Å². The summed E-state index contributed by atoms with van der Waals surface area (Å²) in [4.78, 5) is 36.6. The van der Waals surface area contributed by atoms with Crippen molar-refractivity contribution in [1.29, 1.82) is 0 Å². The molecule has 2 aliphatic rings. The lowest BCUT2D eigenvalue weighted by molar-refractivity contribution is -0.142. The van der Waals surface area contributed by atoms with E-state index in [1.54, 1.807) is 24.3 Å². The Balaban J connectivity index is 1.86. The predicted molar refractivity (Wildman–Crippen MR) is 65.2 cm³/mol. The molecule has 2 atom stereocenters. The number of imide groups is 1. The Hall–Kier alpha value is -2.21. The average Bonchev–Trinajstić information content (AvgIpc) is 3.19. The monoisotopic (exact) mass is 259 g/mol. The Bertz CT molecular complexity index is 564. The highest BCUT2D eigenvalue weighted by Gasteiger charge is 2.58. The Labute approximate surface area is 109 Å². The highest BCUT2D eigenvalue weighted by molar-refractivity contribution is 6.09. The first kappa shape index (κ1) is 11.9. The summed E-state index contributed by atoms with van der Waals surface area (Å²) in [5.41, 5.74) is 3.06. The third-order valence-electron chi connectivity index (χ3n) is 3.68. The Morgan fingerprint density at radius 1 is 1.26 bits per heavy atom. The number of fused-ring (bicyclic) bond motifs is 1. The van der Waals surface area contributed by atoms with Crippen molar-refractivity contribution in [2.75, 3.05) is 0 Å². The van der Waals surface area contributed by atoms with Gasteiger partial charge in [0.05, 0.1) is 18.4 Å². The average molecular weight is 259 g/mol. The Morgan fingerprint density at radius 2 is 1.89 bits per heavy atom. The molecule has 1 saturated heterocycles. The fourth-order valence-corrected chi connectivity index (χ4v) is 2.53. The lowest BCUT2D eigenvalue weighted by Gasteiger charge is -2.18. The lowest BCUT2D eigenvalue weighted by atomic mass is 10.1. The van der Waals surface area contributed by atoms with Crippen molar-refractivity contribution in [3.05, 3.63) is 35.4 Å². The van der Waals surface area contributed by atoms with Gasteiger partial charge in [0, 0.05) is 5.56 Å². The van der Waals surface area contributed by atoms with Crippen molar-refractivity contribution in [1.82, 2.24) is 10.3 Å². The number of carbonyl (C=O) groups excluding carboxylic acids is 3. The van der Waals surface area contributed by atoms with Crippen molar-refractivity contribution >= 4 is 17.7 Å². The molecule has 0 spiro atoms. The molecule has 1 aliphatic carbocycles. The summed E-state index contributed by atoms with van der Waals surface area (Å²) >= 11 is 0. The van der Waals surface area contributed by atoms with E-state index in [-0.39, 0.29) is 30.2 Å². The zero-order valence-electron chi connectivity index (χ0n) is 10.1. The SMILES string of the molecule is NNC(=O)c1ccccc1CN1C(=O)C2CC2C1=O. The Morgan fingerprint density at radius 3 is 2.53 bits per heavy atom. The minimum atomic E-state index is -0.431. The Kier molecular flexibility index (Phi) is 2.60. The molecule has 1 aromatic carbocycles. The number of hydrogen-bond acceptors (Lipinski definition) is 4. The van der Waals surface area contributed by atoms with E-state index >= 15 is 0 Å². The normalized spacial score (nSPS) is 24.4. The smallest absolute Gasteiger partial charge is 0.265 e. The van der Waals surface area contributed by atoms with E-state index in [0.717, 1.165) is 0 Å². The van der Waals surface area contributed by atoms with Gasteiger partial charge in [0.25, 0.3) is 5.91 Å². The number of likely N-dealkylation sites (tertiary alicyclic amines) is 1. The fraction of sp³-hybridized carbons (Fsp3) is 0.308. The van der Waals surface area contributed by atoms with Gasteiger partial charge >= 0.3 is 0 Å². The van der Waals surface area contributed by atoms with Crippen molar-refractivity contribution < 1.29 is 14.4 Å². The molecule has 1 heterocycles. The number of nitrogens with zero attached hydrogens (tertiary/aromatic N) is 1. The number of amides is 3. The summed E-state index contributed by atoms with van der Waals surface area (Å²) in [6.07, 6.45) is 0.680. The first-order chi connectivity index (χ1) is 9.13. The number of piperidine rings is 1. The van der Waals surface area contributed by atoms with E-state index in [1.807, 2.05) is 0 Å². The van der Waals surface area contributed by atoms with Crippen molar-refractivity contribution in [2.45, 2.75) is 13.0 Å². The maximum Gasteiger partial charge on any atom is 0.265 e. The van der Waals surface area contributed by atoms with E-state index < -0.39 is 5.91 Å². The number of carbonyl (C=O) groups is 3. The molecule has 3 rings (SSSR count). The second-order valence-corrected chi connectivity index (χ2v) is 4.84. The number of nitrogen functional groups attached to an aromatic ring is 1. The standard InChI is InChI=1S/C13H13N3O3/c14-15-11(17)8-4-2-1-3-7(8)6-16-12(18)9-5-10(9)13(16)19/h1-4,9-10H,5-6,14H2,(H,15,17). The number of benzene rings is 1. The summed E-state index contributed by atoms with van der Waals surface area (Å²) in [7, 11) is 0. The van der Waals surface area contributed by atoms with Crippen molar-refractivity contribution in [3.8, 4) is 0 Å². The van der Waals surface area contributed by atoms with Crippen LogP contribution in [0.25, 0.3) is 0 Å². The van der Waals surface area contributed by atoms with E-state index in [2.05, 4.69) is 5.43 Å². The molecule has 98 valence electrons. The molecule has 1 aliphatic heterocycles. The second kappa shape index (κ2) is 4.17. The van der Waals surface area contributed by atoms with Crippen LogP contribution in [-0.2, 0) is 16.1 Å². The number of nitrogens with two attached hydrogens (primary N) is 1. The van der Waals surface area contributed by atoms with Crippen LogP contribution < -0.4 is 11.3 Å². The maximum absolute atomic E-state index is 11.9. The number of hydrogen-bond donors (Lipinski definition) is 2. The fourth-order valence-electron chi connectivity index (χ4n) is 2.53. The molecule has 3 amide bonds. The number of rotatable bonds is 3. The summed E-state index contributed by atoms with van der Waals surface area (Å²) < 4.78 is 0.